The van der Waals surface area contributed by atoms with Crippen LogP contribution in [0.2, 0.25) is 0 Å². The zero-order valence-corrected chi connectivity index (χ0v) is 27.9. The van der Waals surface area contributed by atoms with E-state index in [4.69, 9.17) is 9.47 Å². The average molecular weight is 642 g/mol. The van der Waals surface area contributed by atoms with Crippen LogP contribution in [-0.2, 0) is 27.0 Å². The van der Waals surface area contributed by atoms with E-state index >= 15 is 0 Å². The lowest BCUT2D eigenvalue weighted by Crippen LogP contribution is -2.41. The molecule has 1 heterocycles. The molecule has 2 aliphatic rings. The first kappa shape index (κ1) is 33.7. The van der Waals surface area contributed by atoms with Gasteiger partial charge in [0.2, 0.25) is 5.78 Å². The largest absolute Gasteiger partial charge is 0.507 e. The van der Waals surface area contributed by atoms with Crippen LogP contribution < -0.4 is 20.1 Å². The first-order chi connectivity index (χ1) is 22.1. The first-order valence-corrected chi connectivity index (χ1v) is 15.9. The fourth-order valence-electron chi connectivity index (χ4n) is 5.85. The summed E-state index contributed by atoms with van der Waals surface area (Å²) in [6.45, 7) is 13.7. The van der Waals surface area contributed by atoms with E-state index in [1.54, 1.807) is 36.4 Å². The van der Waals surface area contributed by atoms with Crippen LogP contribution in [0, 0.1) is 0 Å². The molecule has 47 heavy (non-hydrogen) atoms. The molecule has 3 aromatic rings. The number of hydrogen-bond donors (Lipinski definition) is 3. The number of ether oxygens (including phenoxy) is 2. The highest BCUT2D eigenvalue weighted by Crippen LogP contribution is 2.39. The monoisotopic (exact) mass is 641 g/mol. The summed E-state index contributed by atoms with van der Waals surface area (Å²) in [6.07, 6.45) is 0. The maximum atomic E-state index is 13.7. The lowest BCUT2D eigenvalue weighted by Gasteiger charge is -2.29. The van der Waals surface area contributed by atoms with Crippen LogP contribution in [0.3, 0.4) is 0 Å². The van der Waals surface area contributed by atoms with Gasteiger partial charge in [-0.15, -0.1) is 0 Å². The third-order valence-corrected chi connectivity index (χ3v) is 8.47. The zero-order chi connectivity index (χ0) is 34.1. The fourth-order valence-corrected chi connectivity index (χ4v) is 5.85. The number of amides is 2. The van der Waals surface area contributed by atoms with E-state index < -0.39 is 17.6 Å². The number of ketones is 2. The number of phenols is 1. The van der Waals surface area contributed by atoms with Crippen molar-refractivity contribution in [2.45, 2.75) is 58.9 Å². The van der Waals surface area contributed by atoms with E-state index in [0.717, 1.165) is 16.7 Å². The summed E-state index contributed by atoms with van der Waals surface area (Å²) >= 11 is 0. The van der Waals surface area contributed by atoms with Gasteiger partial charge in [-0.1, -0.05) is 77.9 Å². The number of rotatable bonds is 2. The summed E-state index contributed by atoms with van der Waals surface area (Å²) in [5, 5.41) is 17.1. The maximum absolute atomic E-state index is 13.7. The summed E-state index contributed by atoms with van der Waals surface area (Å²) < 4.78 is 11.6. The molecule has 0 saturated carbocycles. The van der Waals surface area contributed by atoms with Crippen LogP contribution in [0.4, 0.5) is 0 Å². The highest BCUT2D eigenvalue weighted by molar-refractivity contribution is 6.30. The predicted molar refractivity (Wildman–Crippen MR) is 178 cm³/mol. The van der Waals surface area contributed by atoms with Crippen molar-refractivity contribution >= 4 is 23.4 Å². The van der Waals surface area contributed by atoms with E-state index in [0.29, 0.717) is 19.6 Å². The van der Waals surface area contributed by atoms with Crippen molar-refractivity contribution in [1.82, 2.24) is 15.5 Å². The molecule has 3 aromatic carbocycles. The van der Waals surface area contributed by atoms with E-state index in [-0.39, 0.29) is 82.4 Å². The Morgan fingerprint density at radius 1 is 0.723 bits per heavy atom. The van der Waals surface area contributed by atoms with Crippen molar-refractivity contribution < 1.29 is 33.8 Å². The van der Waals surface area contributed by atoms with Gasteiger partial charge >= 0.3 is 0 Å². The predicted octanol–water partition coefficient (Wildman–Crippen LogP) is 4.27. The number of phenolic OH excluding ortho intramolecular Hbond substituents is 1. The second kappa shape index (κ2) is 13.2. The number of aromatic hydroxyl groups is 1. The van der Waals surface area contributed by atoms with Gasteiger partial charge in [-0.05, 0) is 34.1 Å². The lowest BCUT2D eigenvalue weighted by atomic mass is 9.79. The quantitative estimate of drug-likeness (QED) is 0.296. The first-order valence-electron chi connectivity index (χ1n) is 15.9. The Morgan fingerprint density at radius 3 is 1.70 bits per heavy atom. The molecule has 10 nitrogen and oxygen atoms in total. The Kier molecular flexibility index (Phi) is 9.45. The molecule has 0 fully saturated rings. The molecule has 10 heteroatoms. The minimum atomic E-state index is -0.480. The molecule has 0 radical (unpaired) electrons. The van der Waals surface area contributed by atoms with Crippen molar-refractivity contribution in [1.29, 1.82) is 0 Å². The van der Waals surface area contributed by atoms with Crippen molar-refractivity contribution in [3.05, 3.63) is 87.5 Å². The van der Waals surface area contributed by atoms with Crippen LogP contribution in [0.15, 0.2) is 48.5 Å². The van der Waals surface area contributed by atoms with Gasteiger partial charge < -0.3 is 25.2 Å². The van der Waals surface area contributed by atoms with Gasteiger partial charge in [0.15, 0.2) is 19.0 Å². The van der Waals surface area contributed by atoms with Gasteiger partial charge in [0.05, 0.1) is 11.1 Å². The molecule has 2 bridgehead atoms. The molecule has 1 aliphatic heterocycles. The molecular formula is C37H43N3O7. The van der Waals surface area contributed by atoms with Crippen LogP contribution in [-0.4, -0.2) is 72.8 Å². The molecule has 248 valence electrons. The number of benzene rings is 3. The summed E-state index contributed by atoms with van der Waals surface area (Å²) in [5.41, 5.74) is 2.76. The summed E-state index contributed by atoms with van der Waals surface area (Å²) in [4.78, 5) is 54.9. The second-order valence-electron chi connectivity index (χ2n) is 14.1. The van der Waals surface area contributed by atoms with Crippen LogP contribution in [0.5, 0.6) is 17.2 Å². The van der Waals surface area contributed by atoms with Gasteiger partial charge in [-0.2, -0.15) is 0 Å². The van der Waals surface area contributed by atoms with Crippen molar-refractivity contribution in [2.75, 3.05) is 39.4 Å². The molecule has 1 aliphatic carbocycles. The molecule has 0 saturated heterocycles. The fraction of sp³-hybridized carbons (Fsp3) is 0.405. The number of nitrogens with one attached hydrogen (secondary N) is 2. The van der Waals surface area contributed by atoms with E-state index in [1.165, 1.54) is 0 Å². The maximum Gasteiger partial charge on any atom is 0.257 e. The van der Waals surface area contributed by atoms with E-state index in [9.17, 15) is 24.3 Å². The molecule has 0 spiro atoms. The summed E-state index contributed by atoms with van der Waals surface area (Å²) in [5.74, 6) is -1.19. The molecule has 2 amide bonds. The van der Waals surface area contributed by atoms with Gasteiger partial charge in [-0.25, -0.2) is 0 Å². The van der Waals surface area contributed by atoms with Gasteiger partial charge in [0, 0.05) is 49.4 Å². The van der Waals surface area contributed by atoms with Crippen molar-refractivity contribution in [3.63, 3.8) is 0 Å². The average Bonchev–Trinajstić information content (AvgIpc) is 3.00. The Balaban J connectivity index is 1.42. The SMILES string of the molecule is CC(C)(C)c1cc(CN2CCNC(=O)COc3cccc4c3C(=O)c3c(cccc3C4=O)OCC(=O)NCC2)c(O)c(C(C)(C)C)c1. The number of carbonyl (C=O) groups excluding carboxylic acids is 4. The van der Waals surface area contributed by atoms with Crippen molar-refractivity contribution in [3.8, 4) is 17.2 Å². The highest BCUT2D eigenvalue weighted by Gasteiger charge is 2.35. The highest BCUT2D eigenvalue weighted by atomic mass is 16.5. The Bertz CT molecular complexity index is 1650. The molecule has 0 atom stereocenters. The zero-order valence-electron chi connectivity index (χ0n) is 27.9. The smallest absolute Gasteiger partial charge is 0.257 e. The van der Waals surface area contributed by atoms with Crippen LogP contribution in [0.25, 0.3) is 0 Å². The van der Waals surface area contributed by atoms with Gasteiger partial charge in [0.1, 0.15) is 17.2 Å². The molecule has 0 aromatic heterocycles. The van der Waals surface area contributed by atoms with Crippen molar-refractivity contribution in [2.24, 2.45) is 0 Å². The van der Waals surface area contributed by atoms with Gasteiger partial charge in [0.25, 0.3) is 11.8 Å². The Labute approximate surface area is 275 Å². The number of carbonyl (C=O) groups is 4. The Hall–Kier alpha value is -4.70. The third kappa shape index (κ3) is 7.33. The summed E-state index contributed by atoms with van der Waals surface area (Å²) in [6, 6.07) is 13.5. The van der Waals surface area contributed by atoms with E-state index in [1.807, 2.05) is 6.07 Å². The third-order valence-electron chi connectivity index (χ3n) is 8.47. The minimum absolute atomic E-state index is 0.0533. The lowest BCUT2D eigenvalue weighted by molar-refractivity contribution is -0.123. The molecule has 5 rings (SSSR count). The topological polar surface area (TPSA) is 134 Å². The second-order valence-corrected chi connectivity index (χ2v) is 14.1. The molecule has 0 unspecified atom stereocenters. The number of nitrogens with zero attached hydrogens (tertiary/aromatic N) is 1. The normalized spacial score (nSPS) is 16.7. The van der Waals surface area contributed by atoms with E-state index in [2.05, 4.69) is 63.1 Å². The molecule has 3 N–H and O–H groups in total. The summed E-state index contributed by atoms with van der Waals surface area (Å²) in [7, 11) is 0. The van der Waals surface area contributed by atoms with Crippen LogP contribution in [0.1, 0.15) is 90.1 Å². The number of hydrogen-bond acceptors (Lipinski definition) is 8. The Morgan fingerprint density at radius 2 is 1.23 bits per heavy atom. The van der Waals surface area contributed by atoms with Gasteiger partial charge in [-0.3, -0.25) is 24.1 Å². The molecular weight excluding hydrogens is 598 g/mol. The van der Waals surface area contributed by atoms with Crippen LogP contribution >= 0.6 is 0 Å². The minimum Gasteiger partial charge on any atom is -0.507 e. The standard InChI is InChI=1S/C37H43N3O7/c1-36(2,3)23-17-22(33(43)26(18-23)37(4,5)6)19-40-15-13-38-29(41)20-46-27-11-7-9-24-31(27)35(45)32-25(34(24)44)10-8-12-28(32)47-21-30(42)39-14-16-40/h7-12,17-18,43H,13-16,19-21H2,1-6H3,(H,38,41)(H,39,42).